The van der Waals surface area contributed by atoms with Crippen LogP contribution in [0.2, 0.25) is 10.0 Å². The van der Waals surface area contributed by atoms with Gasteiger partial charge < -0.3 is 15.2 Å². The number of aliphatic hydroxyl groups excluding tert-OH is 1. The van der Waals surface area contributed by atoms with Gasteiger partial charge in [-0.15, -0.1) is 0 Å². The van der Waals surface area contributed by atoms with Gasteiger partial charge in [-0.05, 0) is 19.1 Å². The van der Waals surface area contributed by atoms with Gasteiger partial charge in [0, 0.05) is 0 Å². The topological polar surface area (TPSA) is 58.6 Å². The maximum atomic E-state index is 11.2. The summed E-state index contributed by atoms with van der Waals surface area (Å²) in [4.78, 5) is 11.2. The first-order chi connectivity index (χ1) is 7.47. The van der Waals surface area contributed by atoms with Crippen LogP contribution in [0.25, 0.3) is 0 Å². The standard InChI is InChI=1S/C10H11Cl2NO3/c1-5(14)10(15)13-6-3-4-7(16-2)9(12)8(6)11/h3-5,14H,1-2H3,(H,13,15). The minimum atomic E-state index is -1.11. The predicted molar refractivity (Wildman–Crippen MR) is 63.3 cm³/mol. The molecule has 0 saturated heterocycles. The van der Waals surface area contributed by atoms with Gasteiger partial charge in [0.05, 0.1) is 17.8 Å². The highest BCUT2D eigenvalue weighted by atomic mass is 35.5. The monoisotopic (exact) mass is 263 g/mol. The molecule has 0 aromatic heterocycles. The molecule has 1 atom stereocenters. The quantitative estimate of drug-likeness (QED) is 0.880. The third-order valence-corrected chi connectivity index (χ3v) is 2.77. The van der Waals surface area contributed by atoms with Crippen molar-refractivity contribution in [3.63, 3.8) is 0 Å². The molecular weight excluding hydrogens is 253 g/mol. The second-order valence-electron chi connectivity index (χ2n) is 3.11. The van der Waals surface area contributed by atoms with Gasteiger partial charge in [-0.2, -0.15) is 0 Å². The molecule has 1 rings (SSSR count). The number of nitrogens with one attached hydrogen (secondary N) is 1. The number of hydrogen-bond donors (Lipinski definition) is 2. The lowest BCUT2D eigenvalue weighted by atomic mass is 10.2. The number of rotatable bonds is 3. The lowest BCUT2D eigenvalue weighted by Gasteiger charge is -2.11. The summed E-state index contributed by atoms with van der Waals surface area (Å²) in [7, 11) is 1.46. The van der Waals surface area contributed by atoms with Gasteiger partial charge in [0.25, 0.3) is 5.91 Å². The number of carbonyl (C=O) groups is 1. The first-order valence-corrected chi connectivity index (χ1v) is 5.24. The first-order valence-electron chi connectivity index (χ1n) is 4.48. The minimum absolute atomic E-state index is 0.176. The number of ether oxygens (including phenoxy) is 1. The van der Waals surface area contributed by atoms with Gasteiger partial charge in [0.15, 0.2) is 0 Å². The van der Waals surface area contributed by atoms with Crippen molar-refractivity contribution in [3.05, 3.63) is 22.2 Å². The lowest BCUT2D eigenvalue weighted by molar-refractivity contribution is -0.123. The average Bonchev–Trinajstić information content (AvgIpc) is 2.25. The molecule has 0 spiro atoms. The van der Waals surface area contributed by atoms with E-state index < -0.39 is 12.0 Å². The second-order valence-corrected chi connectivity index (χ2v) is 3.86. The Hall–Kier alpha value is -0.970. The molecule has 1 aromatic rings. The van der Waals surface area contributed by atoms with Gasteiger partial charge in [0.1, 0.15) is 16.9 Å². The molecule has 4 nitrogen and oxygen atoms in total. The van der Waals surface area contributed by atoms with E-state index >= 15 is 0 Å². The van der Waals surface area contributed by atoms with E-state index in [1.165, 1.54) is 14.0 Å². The van der Waals surface area contributed by atoms with Crippen molar-refractivity contribution < 1.29 is 14.6 Å². The Morgan fingerprint density at radius 3 is 2.56 bits per heavy atom. The summed E-state index contributed by atoms with van der Waals surface area (Å²) in [6.07, 6.45) is -1.11. The molecule has 0 aliphatic heterocycles. The Bertz CT molecular complexity index is 407. The van der Waals surface area contributed by atoms with E-state index in [0.29, 0.717) is 11.4 Å². The molecular formula is C10H11Cl2NO3. The Labute approximate surface area is 103 Å². The molecule has 1 amide bonds. The van der Waals surface area contributed by atoms with Crippen LogP contribution >= 0.6 is 23.2 Å². The van der Waals surface area contributed by atoms with Crippen molar-refractivity contribution in [2.45, 2.75) is 13.0 Å². The summed E-state index contributed by atoms with van der Waals surface area (Å²) in [5.74, 6) is -0.134. The molecule has 0 heterocycles. The molecule has 0 aliphatic rings. The highest BCUT2D eigenvalue weighted by molar-refractivity contribution is 6.44. The summed E-state index contributed by atoms with van der Waals surface area (Å²) in [5, 5.41) is 11.9. The summed E-state index contributed by atoms with van der Waals surface area (Å²) >= 11 is 11.8. The SMILES string of the molecule is COc1ccc(NC(=O)C(C)O)c(Cl)c1Cl. The van der Waals surface area contributed by atoms with Gasteiger partial charge in [0.2, 0.25) is 0 Å². The Morgan fingerprint density at radius 2 is 2.06 bits per heavy atom. The fourth-order valence-electron chi connectivity index (χ4n) is 1.02. The maximum absolute atomic E-state index is 11.2. The molecule has 0 fully saturated rings. The van der Waals surface area contributed by atoms with Gasteiger partial charge >= 0.3 is 0 Å². The zero-order chi connectivity index (χ0) is 12.3. The molecule has 2 N–H and O–H groups in total. The van der Waals surface area contributed by atoms with Crippen LogP contribution in [0, 0.1) is 0 Å². The third-order valence-electron chi connectivity index (χ3n) is 1.90. The Balaban J connectivity index is 2.99. The van der Waals surface area contributed by atoms with E-state index in [1.54, 1.807) is 12.1 Å². The molecule has 88 valence electrons. The fraction of sp³-hybridized carbons (Fsp3) is 0.300. The smallest absolute Gasteiger partial charge is 0.252 e. The summed E-state index contributed by atoms with van der Waals surface area (Å²) in [6, 6.07) is 3.12. The molecule has 0 saturated carbocycles. The van der Waals surface area contributed by atoms with Crippen molar-refractivity contribution in [3.8, 4) is 5.75 Å². The van der Waals surface area contributed by atoms with E-state index in [4.69, 9.17) is 33.0 Å². The lowest BCUT2D eigenvalue weighted by Crippen LogP contribution is -2.24. The number of halogens is 2. The average molecular weight is 264 g/mol. The zero-order valence-electron chi connectivity index (χ0n) is 8.75. The van der Waals surface area contributed by atoms with Crippen LogP contribution in [0.15, 0.2) is 12.1 Å². The van der Waals surface area contributed by atoms with Crippen molar-refractivity contribution in [2.24, 2.45) is 0 Å². The number of carbonyl (C=O) groups excluding carboxylic acids is 1. The number of amides is 1. The number of benzene rings is 1. The zero-order valence-corrected chi connectivity index (χ0v) is 10.3. The van der Waals surface area contributed by atoms with Crippen LogP contribution < -0.4 is 10.1 Å². The van der Waals surface area contributed by atoms with Crippen molar-refractivity contribution >= 4 is 34.8 Å². The van der Waals surface area contributed by atoms with Crippen LogP contribution in [0.4, 0.5) is 5.69 Å². The van der Waals surface area contributed by atoms with Crippen molar-refractivity contribution in [2.75, 3.05) is 12.4 Å². The fourth-order valence-corrected chi connectivity index (χ4v) is 1.47. The largest absolute Gasteiger partial charge is 0.495 e. The Morgan fingerprint density at radius 1 is 1.44 bits per heavy atom. The van der Waals surface area contributed by atoms with E-state index in [0.717, 1.165) is 0 Å². The van der Waals surface area contributed by atoms with Crippen molar-refractivity contribution in [1.29, 1.82) is 0 Å². The molecule has 0 radical (unpaired) electrons. The summed E-state index contributed by atoms with van der Waals surface area (Å²) < 4.78 is 4.95. The van der Waals surface area contributed by atoms with Crippen LogP contribution in [0.5, 0.6) is 5.75 Å². The number of hydrogen-bond acceptors (Lipinski definition) is 3. The molecule has 0 aliphatic carbocycles. The molecule has 1 aromatic carbocycles. The van der Waals surface area contributed by atoms with Crippen LogP contribution in [0.1, 0.15) is 6.92 Å². The highest BCUT2D eigenvalue weighted by Gasteiger charge is 2.14. The number of aliphatic hydroxyl groups is 1. The predicted octanol–water partition coefficient (Wildman–Crippen LogP) is 2.32. The molecule has 16 heavy (non-hydrogen) atoms. The minimum Gasteiger partial charge on any atom is -0.495 e. The molecule has 0 bridgehead atoms. The van der Waals surface area contributed by atoms with E-state index in [1.807, 2.05) is 0 Å². The second kappa shape index (κ2) is 5.39. The van der Waals surface area contributed by atoms with Crippen molar-refractivity contribution in [1.82, 2.24) is 0 Å². The van der Waals surface area contributed by atoms with E-state index in [-0.39, 0.29) is 10.0 Å². The van der Waals surface area contributed by atoms with E-state index in [9.17, 15) is 4.79 Å². The van der Waals surface area contributed by atoms with Crippen LogP contribution in [0.3, 0.4) is 0 Å². The normalized spacial score (nSPS) is 12.1. The number of anilines is 1. The van der Waals surface area contributed by atoms with Gasteiger partial charge in [-0.1, -0.05) is 23.2 Å². The maximum Gasteiger partial charge on any atom is 0.252 e. The molecule has 1 unspecified atom stereocenters. The first kappa shape index (κ1) is 13.1. The highest BCUT2D eigenvalue weighted by Crippen LogP contribution is 2.37. The molecule has 6 heteroatoms. The third kappa shape index (κ3) is 2.78. The van der Waals surface area contributed by atoms with Crippen LogP contribution in [-0.2, 0) is 4.79 Å². The summed E-state index contributed by atoms with van der Waals surface area (Å²) in [6.45, 7) is 1.36. The van der Waals surface area contributed by atoms with Gasteiger partial charge in [-0.25, -0.2) is 0 Å². The van der Waals surface area contributed by atoms with E-state index in [2.05, 4.69) is 5.32 Å². The van der Waals surface area contributed by atoms with Crippen LogP contribution in [-0.4, -0.2) is 24.2 Å². The van der Waals surface area contributed by atoms with Gasteiger partial charge in [-0.3, -0.25) is 4.79 Å². The summed E-state index contributed by atoms with van der Waals surface area (Å²) in [5.41, 5.74) is 0.332. The number of methoxy groups -OCH3 is 1. The Kier molecular flexibility index (Phi) is 4.41.